The molecule has 0 atom stereocenters. The van der Waals surface area contributed by atoms with Gasteiger partial charge in [-0.25, -0.2) is 0 Å². The van der Waals surface area contributed by atoms with Crippen molar-refractivity contribution in [2.24, 2.45) is 0 Å². The van der Waals surface area contributed by atoms with E-state index in [-0.39, 0.29) is 0 Å². The molecule has 2 rings (SSSR count). The number of ether oxygens (including phenoxy) is 1. The lowest BCUT2D eigenvalue weighted by atomic mass is 10.1. The molecule has 0 bridgehead atoms. The molecule has 0 aromatic heterocycles. The molecule has 4 heteroatoms. The monoisotopic (exact) mass is 226 g/mol. The highest BCUT2D eigenvalue weighted by molar-refractivity contribution is 6.33. The van der Waals surface area contributed by atoms with Crippen LogP contribution in [0.1, 0.15) is 5.56 Å². The second-order valence-electron chi connectivity index (χ2n) is 3.77. The Morgan fingerprint density at radius 1 is 1.33 bits per heavy atom. The molecule has 1 aliphatic rings. The van der Waals surface area contributed by atoms with Gasteiger partial charge in [0.15, 0.2) is 0 Å². The first-order valence-electron chi connectivity index (χ1n) is 5.07. The zero-order valence-electron chi connectivity index (χ0n) is 8.79. The lowest BCUT2D eigenvalue weighted by Crippen LogP contribution is -2.36. The Bertz CT molecular complexity index is 339. The van der Waals surface area contributed by atoms with Crippen LogP contribution in [0.5, 0.6) is 0 Å². The molecule has 0 saturated carbocycles. The predicted molar refractivity (Wildman–Crippen MR) is 63.6 cm³/mol. The average molecular weight is 227 g/mol. The molecule has 82 valence electrons. The van der Waals surface area contributed by atoms with Crippen LogP contribution in [0.2, 0.25) is 5.02 Å². The van der Waals surface area contributed by atoms with Gasteiger partial charge in [0.2, 0.25) is 0 Å². The third-order valence-electron chi connectivity index (χ3n) is 2.60. The van der Waals surface area contributed by atoms with E-state index in [0.29, 0.717) is 0 Å². The first-order valence-corrected chi connectivity index (χ1v) is 5.44. The largest absolute Gasteiger partial charge is 0.399 e. The van der Waals surface area contributed by atoms with Gasteiger partial charge in [-0.1, -0.05) is 11.6 Å². The van der Waals surface area contributed by atoms with Crippen molar-refractivity contribution in [2.75, 3.05) is 36.9 Å². The average Bonchev–Trinajstić information content (AvgIpc) is 2.17. The first kappa shape index (κ1) is 10.6. The number of nitrogens with zero attached hydrogens (tertiary/aromatic N) is 1. The van der Waals surface area contributed by atoms with Crippen LogP contribution < -0.4 is 10.6 Å². The van der Waals surface area contributed by atoms with Crippen LogP contribution in [-0.2, 0) is 4.74 Å². The van der Waals surface area contributed by atoms with Gasteiger partial charge in [0, 0.05) is 18.8 Å². The number of hydrogen-bond acceptors (Lipinski definition) is 3. The fourth-order valence-corrected chi connectivity index (χ4v) is 2.35. The van der Waals surface area contributed by atoms with Crippen LogP contribution >= 0.6 is 11.6 Å². The van der Waals surface area contributed by atoms with Crippen molar-refractivity contribution in [3.05, 3.63) is 22.7 Å². The number of anilines is 2. The molecule has 0 radical (unpaired) electrons. The molecular weight excluding hydrogens is 212 g/mol. The fourth-order valence-electron chi connectivity index (χ4n) is 1.95. The lowest BCUT2D eigenvalue weighted by Gasteiger charge is -2.31. The molecule has 1 aliphatic heterocycles. The molecule has 0 aliphatic carbocycles. The number of morpholine rings is 1. The summed E-state index contributed by atoms with van der Waals surface area (Å²) in [5, 5.41) is 0.731. The predicted octanol–water partition coefficient (Wildman–Crippen LogP) is 2.07. The summed E-state index contributed by atoms with van der Waals surface area (Å²) in [5.74, 6) is 0. The normalized spacial score (nSPS) is 16.8. The standard InChI is InChI=1S/C11H15ClN2O/c1-8-6-9(13)7-10(12)11(8)14-2-4-15-5-3-14/h6-7H,2-5,13H2,1H3. The molecule has 15 heavy (non-hydrogen) atoms. The van der Waals surface area contributed by atoms with E-state index in [0.717, 1.165) is 48.3 Å². The topological polar surface area (TPSA) is 38.5 Å². The number of rotatable bonds is 1. The fraction of sp³-hybridized carbons (Fsp3) is 0.455. The van der Waals surface area contributed by atoms with Crippen molar-refractivity contribution >= 4 is 23.0 Å². The molecule has 0 unspecified atom stereocenters. The molecule has 1 heterocycles. The molecule has 0 spiro atoms. The second-order valence-corrected chi connectivity index (χ2v) is 4.17. The van der Waals surface area contributed by atoms with Gasteiger partial charge in [0.05, 0.1) is 23.9 Å². The smallest absolute Gasteiger partial charge is 0.0662 e. The number of nitrogens with two attached hydrogens (primary N) is 1. The number of halogens is 1. The van der Waals surface area contributed by atoms with Crippen molar-refractivity contribution in [1.29, 1.82) is 0 Å². The Hall–Kier alpha value is -0.930. The molecule has 1 aromatic rings. The summed E-state index contributed by atoms with van der Waals surface area (Å²) in [7, 11) is 0. The Morgan fingerprint density at radius 2 is 2.00 bits per heavy atom. The Balaban J connectivity index is 2.33. The molecule has 1 aromatic carbocycles. The minimum Gasteiger partial charge on any atom is -0.399 e. The summed E-state index contributed by atoms with van der Waals surface area (Å²) >= 11 is 6.21. The van der Waals surface area contributed by atoms with Gasteiger partial charge in [0.25, 0.3) is 0 Å². The highest BCUT2D eigenvalue weighted by Gasteiger charge is 2.16. The zero-order chi connectivity index (χ0) is 10.8. The van der Waals surface area contributed by atoms with E-state index in [4.69, 9.17) is 22.1 Å². The molecular formula is C11H15ClN2O. The van der Waals surface area contributed by atoms with E-state index in [1.54, 1.807) is 6.07 Å². The molecule has 2 N–H and O–H groups in total. The van der Waals surface area contributed by atoms with Crippen LogP contribution in [0.15, 0.2) is 12.1 Å². The maximum atomic E-state index is 6.21. The maximum absolute atomic E-state index is 6.21. The second kappa shape index (κ2) is 4.29. The molecule has 3 nitrogen and oxygen atoms in total. The van der Waals surface area contributed by atoms with Crippen LogP contribution in [0.25, 0.3) is 0 Å². The van der Waals surface area contributed by atoms with Gasteiger partial charge in [-0.3, -0.25) is 0 Å². The summed E-state index contributed by atoms with van der Waals surface area (Å²) in [6.07, 6.45) is 0. The molecule has 1 saturated heterocycles. The van der Waals surface area contributed by atoms with Crippen molar-refractivity contribution in [2.45, 2.75) is 6.92 Å². The van der Waals surface area contributed by atoms with Gasteiger partial charge in [-0.15, -0.1) is 0 Å². The van der Waals surface area contributed by atoms with E-state index in [9.17, 15) is 0 Å². The number of aryl methyl sites for hydroxylation is 1. The van der Waals surface area contributed by atoms with Gasteiger partial charge < -0.3 is 15.4 Å². The summed E-state index contributed by atoms with van der Waals surface area (Å²) in [6.45, 7) is 5.35. The van der Waals surface area contributed by atoms with E-state index >= 15 is 0 Å². The van der Waals surface area contributed by atoms with Crippen molar-refractivity contribution in [3.63, 3.8) is 0 Å². The summed E-state index contributed by atoms with van der Waals surface area (Å²) in [6, 6.07) is 3.76. The number of hydrogen-bond donors (Lipinski definition) is 1. The summed E-state index contributed by atoms with van der Waals surface area (Å²) in [4.78, 5) is 2.25. The van der Waals surface area contributed by atoms with Crippen LogP contribution in [-0.4, -0.2) is 26.3 Å². The molecule has 1 fully saturated rings. The van der Waals surface area contributed by atoms with Crippen molar-refractivity contribution in [3.8, 4) is 0 Å². The maximum Gasteiger partial charge on any atom is 0.0662 e. The highest BCUT2D eigenvalue weighted by atomic mass is 35.5. The number of benzene rings is 1. The minimum absolute atomic E-state index is 0.717. The van der Waals surface area contributed by atoms with Gasteiger partial charge in [-0.2, -0.15) is 0 Å². The van der Waals surface area contributed by atoms with E-state index in [1.165, 1.54) is 0 Å². The van der Waals surface area contributed by atoms with E-state index in [2.05, 4.69) is 4.90 Å². The van der Waals surface area contributed by atoms with Crippen molar-refractivity contribution in [1.82, 2.24) is 0 Å². The Kier molecular flexibility index (Phi) is 3.03. The van der Waals surface area contributed by atoms with Gasteiger partial charge in [0.1, 0.15) is 0 Å². The third-order valence-corrected chi connectivity index (χ3v) is 2.89. The first-order chi connectivity index (χ1) is 7.18. The quantitative estimate of drug-likeness (QED) is 0.746. The van der Waals surface area contributed by atoms with Gasteiger partial charge in [-0.05, 0) is 24.6 Å². The Labute approximate surface area is 94.8 Å². The van der Waals surface area contributed by atoms with Gasteiger partial charge >= 0.3 is 0 Å². The minimum atomic E-state index is 0.717. The van der Waals surface area contributed by atoms with Crippen molar-refractivity contribution < 1.29 is 4.74 Å². The van der Waals surface area contributed by atoms with Crippen LogP contribution in [0.4, 0.5) is 11.4 Å². The van der Waals surface area contributed by atoms with E-state index in [1.807, 2.05) is 13.0 Å². The lowest BCUT2D eigenvalue weighted by molar-refractivity contribution is 0.122. The zero-order valence-corrected chi connectivity index (χ0v) is 9.55. The van der Waals surface area contributed by atoms with Crippen LogP contribution in [0, 0.1) is 6.92 Å². The van der Waals surface area contributed by atoms with Crippen LogP contribution in [0.3, 0.4) is 0 Å². The summed E-state index contributed by atoms with van der Waals surface area (Å²) < 4.78 is 5.32. The Morgan fingerprint density at radius 3 is 2.60 bits per heavy atom. The highest BCUT2D eigenvalue weighted by Crippen LogP contribution is 2.32. The summed E-state index contributed by atoms with van der Waals surface area (Å²) in [5.41, 5.74) is 8.67. The third kappa shape index (κ3) is 2.19. The molecule has 0 amide bonds. The van der Waals surface area contributed by atoms with E-state index < -0.39 is 0 Å². The SMILES string of the molecule is Cc1cc(N)cc(Cl)c1N1CCOCC1. The number of nitrogen functional groups attached to an aromatic ring is 1.